The topological polar surface area (TPSA) is 51.7 Å². The van der Waals surface area contributed by atoms with Crippen LogP contribution in [0.1, 0.15) is 36.0 Å². The molecule has 0 bridgehead atoms. The first-order valence-electron chi connectivity index (χ1n) is 10.0. The van der Waals surface area contributed by atoms with Gasteiger partial charge in [0.1, 0.15) is 5.82 Å². The number of carbonyl (C=O) groups is 1. The van der Waals surface area contributed by atoms with E-state index in [1.165, 1.54) is 25.7 Å². The third-order valence-corrected chi connectivity index (χ3v) is 6.60. The van der Waals surface area contributed by atoms with Gasteiger partial charge in [0.15, 0.2) is 0 Å². The summed E-state index contributed by atoms with van der Waals surface area (Å²) in [6, 6.07) is 3.86. The zero-order valence-electron chi connectivity index (χ0n) is 16.7. The van der Waals surface area contributed by atoms with E-state index in [2.05, 4.69) is 27.1 Å². The maximum atomic E-state index is 12.8. The van der Waals surface area contributed by atoms with Crippen molar-refractivity contribution in [3.63, 3.8) is 0 Å². The molecule has 1 aromatic heterocycles. The zero-order chi connectivity index (χ0) is 18.0. The van der Waals surface area contributed by atoms with Crippen LogP contribution < -0.4 is 10.2 Å². The Labute approximate surface area is 180 Å². The van der Waals surface area contributed by atoms with Crippen LogP contribution in [-0.2, 0) is 0 Å². The fourth-order valence-corrected chi connectivity index (χ4v) is 4.58. The molecule has 1 aromatic rings. The minimum atomic E-state index is 0. The van der Waals surface area contributed by atoms with Crippen LogP contribution in [0, 0.1) is 5.41 Å². The van der Waals surface area contributed by atoms with Crippen molar-refractivity contribution < 1.29 is 4.79 Å². The van der Waals surface area contributed by atoms with E-state index in [4.69, 9.17) is 0 Å². The number of rotatable bonds is 2. The molecule has 0 saturated carbocycles. The Morgan fingerprint density at radius 3 is 2.29 bits per heavy atom. The van der Waals surface area contributed by atoms with E-state index in [9.17, 15) is 4.79 Å². The molecule has 3 aliphatic rings. The predicted molar refractivity (Wildman–Crippen MR) is 118 cm³/mol. The van der Waals surface area contributed by atoms with Crippen molar-refractivity contribution in [2.45, 2.75) is 25.7 Å². The molecule has 0 aromatic carbocycles. The molecule has 158 valence electrons. The molecule has 0 unspecified atom stereocenters. The van der Waals surface area contributed by atoms with Crippen LogP contribution in [0.15, 0.2) is 18.3 Å². The number of hydrogen-bond donors (Lipinski definition) is 1. The number of nitrogens with one attached hydrogen (secondary N) is 1. The molecule has 0 aliphatic carbocycles. The number of nitrogens with zero attached hydrogens (tertiary/aromatic N) is 4. The second-order valence-corrected chi connectivity index (χ2v) is 8.24. The maximum absolute atomic E-state index is 12.8. The van der Waals surface area contributed by atoms with E-state index < -0.39 is 0 Å². The van der Waals surface area contributed by atoms with E-state index >= 15 is 0 Å². The molecule has 28 heavy (non-hydrogen) atoms. The minimum Gasteiger partial charge on any atom is -0.357 e. The van der Waals surface area contributed by atoms with Crippen LogP contribution >= 0.6 is 24.8 Å². The molecule has 0 radical (unpaired) electrons. The first-order valence-corrected chi connectivity index (χ1v) is 10.0. The molecule has 4 heterocycles. The SMILES string of the molecule is CN1CCN(C(=O)c2ccnc(N3CCC4(CCNCC4)CC3)c2)CC1.Cl.Cl. The van der Waals surface area contributed by atoms with Gasteiger partial charge in [-0.3, -0.25) is 4.79 Å². The average Bonchev–Trinajstić information content (AvgIpc) is 2.69. The van der Waals surface area contributed by atoms with Crippen LogP contribution in [0.4, 0.5) is 5.82 Å². The van der Waals surface area contributed by atoms with Gasteiger partial charge in [-0.05, 0) is 63.4 Å². The highest BCUT2D eigenvalue weighted by molar-refractivity contribution is 5.95. The molecule has 3 aliphatic heterocycles. The van der Waals surface area contributed by atoms with Gasteiger partial charge in [-0.2, -0.15) is 0 Å². The number of anilines is 1. The van der Waals surface area contributed by atoms with E-state index in [1.807, 2.05) is 17.0 Å². The van der Waals surface area contributed by atoms with Crippen molar-refractivity contribution in [3.8, 4) is 0 Å². The second kappa shape index (κ2) is 10.1. The first kappa shape index (κ1) is 23.2. The Morgan fingerprint density at radius 2 is 1.64 bits per heavy atom. The van der Waals surface area contributed by atoms with Crippen molar-refractivity contribution in [3.05, 3.63) is 23.9 Å². The lowest BCUT2D eigenvalue weighted by Gasteiger charge is -2.44. The monoisotopic (exact) mass is 429 g/mol. The Balaban J connectivity index is 0.00000140. The van der Waals surface area contributed by atoms with Gasteiger partial charge in [0.2, 0.25) is 0 Å². The van der Waals surface area contributed by atoms with Gasteiger partial charge in [-0.25, -0.2) is 4.98 Å². The smallest absolute Gasteiger partial charge is 0.254 e. The maximum Gasteiger partial charge on any atom is 0.254 e. The van der Waals surface area contributed by atoms with E-state index in [-0.39, 0.29) is 30.7 Å². The van der Waals surface area contributed by atoms with Crippen LogP contribution in [0.3, 0.4) is 0 Å². The fourth-order valence-electron chi connectivity index (χ4n) is 4.58. The number of aromatic nitrogens is 1. The van der Waals surface area contributed by atoms with Crippen LogP contribution in [0.5, 0.6) is 0 Å². The molecule has 3 saturated heterocycles. The second-order valence-electron chi connectivity index (χ2n) is 8.24. The van der Waals surface area contributed by atoms with Gasteiger partial charge >= 0.3 is 0 Å². The number of amides is 1. The van der Waals surface area contributed by atoms with Crippen LogP contribution in [-0.4, -0.2) is 80.1 Å². The lowest BCUT2D eigenvalue weighted by molar-refractivity contribution is 0.0664. The Kier molecular flexibility index (Phi) is 8.37. The fraction of sp³-hybridized carbons (Fsp3) is 0.700. The number of carbonyl (C=O) groups excluding carboxylic acids is 1. The molecule has 8 heteroatoms. The number of piperidine rings is 2. The molecule has 1 amide bonds. The Bertz CT molecular complexity index is 635. The van der Waals surface area contributed by atoms with Crippen molar-refractivity contribution >= 4 is 36.5 Å². The number of halogens is 2. The van der Waals surface area contributed by atoms with Gasteiger partial charge in [0, 0.05) is 51.0 Å². The van der Waals surface area contributed by atoms with Crippen molar-refractivity contribution in [1.29, 1.82) is 0 Å². The summed E-state index contributed by atoms with van der Waals surface area (Å²) in [6.07, 6.45) is 6.89. The van der Waals surface area contributed by atoms with E-state index in [0.29, 0.717) is 5.41 Å². The minimum absolute atomic E-state index is 0. The quantitative estimate of drug-likeness (QED) is 0.781. The summed E-state index contributed by atoms with van der Waals surface area (Å²) in [5, 5.41) is 3.48. The summed E-state index contributed by atoms with van der Waals surface area (Å²) in [5.41, 5.74) is 1.32. The summed E-state index contributed by atoms with van der Waals surface area (Å²) in [6.45, 7) is 7.96. The highest BCUT2D eigenvalue weighted by atomic mass is 35.5. The Morgan fingerprint density at radius 1 is 1.00 bits per heavy atom. The number of hydrogen-bond acceptors (Lipinski definition) is 5. The number of likely N-dealkylation sites (N-methyl/N-ethyl adjacent to an activating group) is 1. The van der Waals surface area contributed by atoms with Crippen molar-refractivity contribution in [2.75, 3.05) is 64.3 Å². The molecule has 6 nitrogen and oxygen atoms in total. The molecular formula is C20H33Cl2N5O. The van der Waals surface area contributed by atoms with Crippen LogP contribution in [0.2, 0.25) is 0 Å². The van der Waals surface area contributed by atoms with Gasteiger partial charge in [0.25, 0.3) is 5.91 Å². The van der Waals surface area contributed by atoms with Crippen molar-refractivity contribution in [2.24, 2.45) is 5.41 Å². The molecule has 1 N–H and O–H groups in total. The normalized spacial score (nSPS) is 22.3. The molecular weight excluding hydrogens is 397 g/mol. The Hall–Kier alpha value is -1.08. The van der Waals surface area contributed by atoms with E-state index in [1.54, 1.807) is 6.20 Å². The van der Waals surface area contributed by atoms with E-state index in [0.717, 1.165) is 63.7 Å². The lowest BCUT2D eigenvalue weighted by atomic mass is 9.71. The summed E-state index contributed by atoms with van der Waals surface area (Å²) in [5.74, 6) is 1.11. The third-order valence-electron chi connectivity index (χ3n) is 6.60. The highest BCUT2D eigenvalue weighted by Gasteiger charge is 2.35. The summed E-state index contributed by atoms with van der Waals surface area (Å²) < 4.78 is 0. The summed E-state index contributed by atoms with van der Waals surface area (Å²) >= 11 is 0. The summed E-state index contributed by atoms with van der Waals surface area (Å²) in [4.78, 5) is 24.0. The standard InChI is InChI=1S/C20H31N5O.2ClH/c1-23-12-14-25(15-13-23)19(26)17-2-7-22-18(16-17)24-10-5-20(6-11-24)3-8-21-9-4-20;;/h2,7,16,21H,3-6,8-15H2,1H3;2*1H. The third kappa shape index (κ3) is 5.09. The summed E-state index contributed by atoms with van der Waals surface area (Å²) in [7, 11) is 2.11. The molecule has 0 atom stereocenters. The highest BCUT2D eigenvalue weighted by Crippen LogP contribution is 2.40. The zero-order valence-corrected chi connectivity index (χ0v) is 18.4. The number of pyridine rings is 1. The van der Waals surface area contributed by atoms with Gasteiger partial charge in [0.05, 0.1) is 0 Å². The first-order chi connectivity index (χ1) is 12.7. The predicted octanol–water partition coefficient (Wildman–Crippen LogP) is 2.28. The van der Waals surface area contributed by atoms with Crippen molar-refractivity contribution in [1.82, 2.24) is 20.1 Å². The largest absolute Gasteiger partial charge is 0.357 e. The molecule has 3 fully saturated rings. The van der Waals surface area contributed by atoms with Gasteiger partial charge in [-0.15, -0.1) is 24.8 Å². The molecule has 1 spiro atoms. The van der Waals surface area contributed by atoms with Gasteiger partial charge in [-0.1, -0.05) is 0 Å². The number of piperazine rings is 1. The van der Waals surface area contributed by atoms with Gasteiger partial charge < -0.3 is 20.0 Å². The molecule has 4 rings (SSSR count). The van der Waals surface area contributed by atoms with Crippen LogP contribution in [0.25, 0.3) is 0 Å². The lowest BCUT2D eigenvalue weighted by Crippen LogP contribution is -2.47. The average molecular weight is 430 g/mol.